The molecule has 4 heterocycles. The molecular formula is C23H21N7OS2. The third-order valence-corrected chi connectivity index (χ3v) is 8.00. The van der Waals surface area contributed by atoms with Crippen molar-refractivity contribution in [3.8, 4) is 5.69 Å². The van der Waals surface area contributed by atoms with E-state index in [0.29, 0.717) is 39.5 Å². The third-order valence-electron chi connectivity index (χ3n) is 5.98. The monoisotopic (exact) mass is 475 g/mol. The first-order valence-corrected chi connectivity index (χ1v) is 12.6. The number of nitrogens with one attached hydrogen (secondary N) is 1. The average molecular weight is 476 g/mol. The number of nitrogens with two attached hydrogens (primary N) is 1. The second-order valence-corrected chi connectivity index (χ2v) is 10.4. The highest BCUT2D eigenvalue weighted by Gasteiger charge is 2.23. The summed E-state index contributed by atoms with van der Waals surface area (Å²) >= 11 is 3.11. The second kappa shape index (κ2) is 7.96. The molecule has 0 bridgehead atoms. The summed E-state index contributed by atoms with van der Waals surface area (Å²) in [5.41, 5.74) is 8.83. The predicted molar refractivity (Wildman–Crippen MR) is 132 cm³/mol. The number of nitrogen functional groups attached to an aromatic ring is 1. The Balaban J connectivity index is 1.32. The Bertz CT molecular complexity index is 1550. The SMILES string of the molecule is CC1CCc2c(sc3nc(CSc4nc5c(cnn5-c5ccccc5)c(=O)[nH]4)nc(N)c23)C1. The van der Waals surface area contributed by atoms with Crippen LogP contribution in [0.25, 0.3) is 26.9 Å². The van der Waals surface area contributed by atoms with Crippen molar-refractivity contribution < 1.29 is 0 Å². The zero-order valence-corrected chi connectivity index (χ0v) is 19.5. The number of aryl methyl sites for hydroxylation is 1. The highest BCUT2D eigenvalue weighted by molar-refractivity contribution is 7.98. The molecule has 1 unspecified atom stereocenters. The first-order valence-electron chi connectivity index (χ1n) is 10.8. The van der Waals surface area contributed by atoms with Crippen molar-refractivity contribution in [2.45, 2.75) is 37.1 Å². The second-order valence-electron chi connectivity index (χ2n) is 8.35. The van der Waals surface area contributed by atoms with Crippen LogP contribution in [0.5, 0.6) is 0 Å². The molecule has 6 rings (SSSR count). The fraction of sp³-hybridized carbons (Fsp3) is 0.261. The van der Waals surface area contributed by atoms with E-state index in [4.69, 9.17) is 10.7 Å². The molecule has 0 amide bonds. The number of nitrogens with zero attached hydrogens (tertiary/aromatic N) is 5. The van der Waals surface area contributed by atoms with Gasteiger partial charge in [-0.3, -0.25) is 4.79 Å². The van der Waals surface area contributed by atoms with Crippen molar-refractivity contribution in [1.29, 1.82) is 0 Å². The number of thioether (sulfide) groups is 1. The molecule has 3 N–H and O–H groups in total. The van der Waals surface area contributed by atoms with E-state index in [1.807, 2.05) is 30.3 Å². The average Bonchev–Trinajstić information content (AvgIpc) is 3.39. The van der Waals surface area contributed by atoms with Crippen LogP contribution in [0, 0.1) is 5.92 Å². The Morgan fingerprint density at radius 2 is 2.09 bits per heavy atom. The molecule has 0 spiro atoms. The van der Waals surface area contributed by atoms with Gasteiger partial charge in [-0.2, -0.15) is 5.10 Å². The molecule has 0 saturated carbocycles. The summed E-state index contributed by atoms with van der Waals surface area (Å²) in [5.74, 6) is 2.32. The number of aromatic amines is 1. The van der Waals surface area contributed by atoms with E-state index in [1.165, 1.54) is 28.6 Å². The molecule has 166 valence electrons. The molecule has 0 fully saturated rings. The van der Waals surface area contributed by atoms with Crippen molar-refractivity contribution in [3.63, 3.8) is 0 Å². The summed E-state index contributed by atoms with van der Waals surface area (Å²) in [4.78, 5) is 31.8. The van der Waals surface area contributed by atoms with Gasteiger partial charge in [0.25, 0.3) is 5.56 Å². The molecule has 4 aromatic heterocycles. The van der Waals surface area contributed by atoms with E-state index in [2.05, 4.69) is 27.0 Å². The van der Waals surface area contributed by atoms with Crippen LogP contribution in [0.3, 0.4) is 0 Å². The predicted octanol–water partition coefficient (Wildman–Crippen LogP) is 4.11. The maximum Gasteiger partial charge on any atom is 0.262 e. The minimum absolute atomic E-state index is 0.222. The molecular weight excluding hydrogens is 454 g/mol. The largest absolute Gasteiger partial charge is 0.383 e. The summed E-state index contributed by atoms with van der Waals surface area (Å²) < 4.78 is 1.67. The van der Waals surface area contributed by atoms with E-state index < -0.39 is 0 Å². The Hall–Kier alpha value is -3.24. The molecule has 10 heteroatoms. The number of H-pyrrole nitrogens is 1. The van der Waals surface area contributed by atoms with Gasteiger partial charge in [-0.25, -0.2) is 19.6 Å². The van der Waals surface area contributed by atoms with Crippen LogP contribution >= 0.6 is 23.1 Å². The van der Waals surface area contributed by atoms with Gasteiger partial charge in [0.05, 0.1) is 23.0 Å². The quantitative estimate of drug-likeness (QED) is 0.297. The number of aromatic nitrogens is 6. The molecule has 1 aliphatic carbocycles. The van der Waals surface area contributed by atoms with Gasteiger partial charge in [-0.15, -0.1) is 11.3 Å². The first-order chi connectivity index (χ1) is 16.1. The summed E-state index contributed by atoms with van der Waals surface area (Å²) in [6.07, 6.45) is 4.84. The van der Waals surface area contributed by atoms with Gasteiger partial charge in [0, 0.05) is 4.88 Å². The van der Waals surface area contributed by atoms with Gasteiger partial charge in [-0.1, -0.05) is 36.9 Å². The van der Waals surface area contributed by atoms with E-state index in [-0.39, 0.29) is 5.56 Å². The number of para-hydroxylation sites is 1. The lowest BCUT2D eigenvalue weighted by atomic mass is 9.89. The Kier molecular flexibility index (Phi) is 4.92. The lowest BCUT2D eigenvalue weighted by Gasteiger charge is -2.17. The summed E-state index contributed by atoms with van der Waals surface area (Å²) in [6, 6.07) is 9.63. The van der Waals surface area contributed by atoms with Gasteiger partial charge in [0.2, 0.25) is 0 Å². The van der Waals surface area contributed by atoms with Crippen molar-refractivity contribution in [1.82, 2.24) is 29.7 Å². The van der Waals surface area contributed by atoms with Gasteiger partial charge in [0.15, 0.2) is 10.8 Å². The first kappa shape index (κ1) is 20.4. The molecule has 8 nitrogen and oxygen atoms in total. The summed E-state index contributed by atoms with van der Waals surface area (Å²) in [6.45, 7) is 2.29. The van der Waals surface area contributed by atoms with Crippen LogP contribution in [-0.4, -0.2) is 29.7 Å². The molecule has 5 aromatic rings. The maximum atomic E-state index is 12.6. The maximum absolute atomic E-state index is 12.6. The Morgan fingerprint density at radius 1 is 1.24 bits per heavy atom. The standard InChI is InChI=1S/C23H21N7OS2/c1-12-7-8-14-16(9-12)33-22-18(14)19(24)26-17(27-22)11-32-23-28-20-15(21(31)29-23)10-25-30(20)13-5-3-2-4-6-13/h2-6,10,12H,7-9,11H2,1H3,(H2,24,26,27)(H,28,29,31). The highest BCUT2D eigenvalue weighted by atomic mass is 32.2. The number of thiophene rings is 1. The van der Waals surface area contributed by atoms with Gasteiger partial charge >= 0.3 is 0 Å². The molecule has 1 aromatic carbocycles. The lowest BCUT2D eigenvalue weighted by Crippen LogP contribution is -2.10. The van der Waals surface area contributed by atoms with Crippen LogP contribution in [-0.2, 0) is 18.6 Å². The number of hydrogen-bond acceptors (Lipinski definition) is 8. The number of hydrogen-bond donors (Lipinski definition) is 2. The summed E-state index contributed by atoms with van der Waals surface area (Å²) in [5, 5.41) is 6.32. The van der Waals surface area contributed by atoms with Crippen LogP contribution in [0.1, 0.15) is 29.6 Å². The number of benzene rings is 1. The fourth-order valence-electron chi connectivity index (χ4n) is 4.34. The fourth-order valence-corrected chi connectivity index (χ4v) is 6.46. The van der Waals surface area contributed by atoms with Crippen molar-refractivity contribution >= 4 is 50.2 Å². The van der Waals surface area contributed by atoms with Crippen LogP contribution in [0.4, 0.5) is 5.82 Å². The van der Waals surface area contributed by atoms with Gasteiger partial charge in [0.1, 0.15) is 21.9 Å². The Morgan fingerprint density at radius 3 is 2.94 bits per heavy atom. The number of anilines is 1. The molecule has 1 atom stereocenters. The lowest BCUT2D eigenvalue weighted by molar-refractivity contribution is 0.509. The van der Waals surface area contributed by atoms with Crippen LogP contribution < -0.4 is 11.3 Å². The van der Waals surface area contributed by atoms with E-state index in [0.717, 1.165) is 28.7 Å². The van der Waals surface area contributed by atoms with Crippen molar-refractivity contribution in [2.24, 2.45) is 5.92 Å². The van der Waals surface area contributed by atoms with E-state index in [1.54, 1.807) is 22.2 Å². The molecule has 0 aliphatic heterocycles. The minimum Gasteiger partial charge on any atom is -0.383 e. The molecule has 1 aliphatic rings. The van der Waals surface area contributed by atoms with Gasteiger partial charge in [-0.05, 0) is 42.9 Å². The number of fused-ring (bicyclic) bond motifs is 4. The van der Waals surface area contributed by atoms with E-state index >= 15 is 0 Å². The smallest absolute Gasteiger partial charge is 0.262 e. The van der Waals surface area contributed by atoms with Crippen LogP contribution in [0.15, 0.2) is 46.5 Å². The van der Waals surface area contributed by atoms with Crippen LogP contribution in [0.2, 0.25) is 0 Å². The number of rotatable bonds is 4. The minimum atomic E-state index is -0.222. The molecule has 0 saturated heterocycles. The topological polar surface area (TPSA) is 115 Å². The van der Waals surface area contributed by atoms with Crippen molar-refractivity contribution in [2.75, 3.05) is 5.73 Å². The zero-order valence-electron chi connectivity index (χ0n) is 17.9. The molecule has 0 radical (unpaired) electrons. The van der Waals surface area contributed by atoms with E-state index in [9.17, 15) is 4.79 Å². The highest BCUT2D eigenvalue weighted by Crippen LogP contribution is 2.39. The van der Waals surface area contributed by atoms with Gasteiger partial charge < -0.3 is 10.7 Å². The summed E-state index contributed by atoms with van der Waals surface area (Å²) in [7, 11) is 0. The zero-order chi connectivity index (χ0) is 22.5. The Labute approximate surface area is 197 Å². The molecule has 33 heavy (non-hydrogen) atoms. The van der Waals surface area contributed by atoms with Crippen molar-refractivity contribution in [3.05, 3.63) is 63.1 Å². The third kappa shape index (κ3) is 3.59. The normalized spacial score (nSPS) is 15.8.